The molecule has 0 bridgehead atoms. The minimum absolute atomic E-state index is 0.0940. The monoisotopic (exact) mass is 551 g/mol. The van der Waals surface area contributed by atoms with Crippen molar-refractivity contribution in [1.29, 1.82) is 0 Å². The number of halogens is 1. The van der Waals surface area contributed by atoms with E-state index in [-0.39, 0.29) is 33.8 Å². The van der Waals surface area contributed by atoms with Crippen molar-refractivity contribution in [2.75, 3.05) is 25.7 Å². The van der Waals surface area contributed by atoms with E-state index in [0.29, 0.717) is 29.4 Å². The van der Waals surface area contributed by atoms with Gasteiger partial charge in [0.1, 0.15) is 28.8 Å². The lowest BCUT2D eigenvalue weighted by Crippen LogP contribution is -2.29. The average molecular weight is 552 g/mol. The van der Waals surface area contributed by atoms with Crippen LogP contribution in [0.3, 0.4) is 0 Å². The van der Waals surface area contributed by atoms with Crippen LogP contribution in [0.5, 0.6) is 23.0 Å². The Balaban J connectivity index is 1.96. The molecular weight excluding hydrogens is 522 g/mol. The zero-order valence-corrected chi connectivity index (χ0v) is 23.1. The Morgan fingerprint density at radius 1 is 0.974 bits per heavy atom. The second-order valence-electron chi connectivity index (χ2n) is 9.02. The number of aliphatic hydroxyl groups is 1. The Labute approximate surface area is 232 Å². The van der Waals surface area contributed by atoms with Crippen LogP contribution in [0.15, 0.2) is 66.2 Å². The third-order valence-corrected chi connectivity index (χ3v) is 6.44. The molecule has 0 spiro atoms. The highest BCUT2D eigenvalue weighted by molar-refractivity contribution is 6.51. The first kappa shape index (κ1) is 27.9. The number of anilines is 1. The van der Waals surface area contributed by atoms with Crippen LogP contribution in [0.25, 0.3) is 5.76 Å². The molecule has 1 atom stereocenters. The molecule has 1 unspecified atom stereocenters. The molecule has 1 aliphatic heterocycles. The number of benzene rings is 3. The van der Waals surface area contributed by atoms with E-state index in [2.05, 4.69) is 0 Å². The van der Waals surface area contributed by atoms with Crippen LogP contribution in [-0.2, 0) is 9.59 Å². The van der Waals surface area contributed by atoms with Gasteiger partial charge < -0.3 is 24.1 Å². The Kier molecular flexibility index (Phi) is 8.35. The molecule has 8 nitrogen and oxygen atoms in total. The van der Waals surface area contributed by atoms with Gasteiger partial charge >= 0.3 is 0 Å². The predicted octanol–water partition coefficient (Wildman–Crippen LogP) is 6.17. The van der Waals surface area contributed by atoms with Crippen molar-refractivity contribution < 1.29 is 33.6 Å². The lowest BCUT2D eigenvalue weighted by Gasteiger charge is -2.26. The molecule has 0 aromatic heterocycles. The number of Topliss-reactive ketones (excluding diaryl/α,β-unsaturated/α-hetero) is 1. The van der Waals surface area contributed by atoms with Crippen LogP contribution in [0.2, 0.25) is 5.02 Å². The standard InChI is InChI=1S/C30H30ClNO7/c1-6-38-20-12-10-19(11-13-20)32-27(18-8-7-9-21(14-18)39-17(2)3)26(29(34)30(32)35)28(33)22-15-25(37-5)23(31)16-24(22)36-4/h7-17,27,33H,6H2,1-5H3/b28-26+. The number of hydrogen-bond donors (Lipinski definition) is 1. The fraction of sp³-hybridized carbons (Fsp3) is 0.267. The second-order valence-corrected chi connectivity index (χ2v) is 9.43. The zero-order valence-electron chi connectivity index (χ0n) is 22.4. The molecule has 1 N–H and O–H groups in total. The van der Waals surface area contributed by atoms with Crippen LogP contribution in [0.4, 0.5) is 5.69 Å². The van der Waals surface area contributed by atoms with Gasteiger partial charge in [0, 0.05) is 11.8 Å². The first-order valence-electron chi connectivity index (χ1n) is 12.4. The minimum Gasteiger partial charge on any atom is -0.507 e. The first-order chi connectivity index (χ1) is 18.7. The maximum absolute atomic E-state index is 13.6. The summed E-state index contributed by atoms with van der Waals surface area (Å²) in [5.41, 5.74) is 1.07. The molecule has 1 fully saturated rings. The van der Waals surface area contributed by atoms with Crippen molar-refractivity contribution in [3.63, 3.8) is 0 Å². The van der Waals surface area contributed by atoms with Gasteiger partial charge in [-0.1, -0.05) is 23.7 Å². The molecule has 204 valence electrons. The van der Waals surface area contributed by atoms with Crippen molar-refractivity contribution in [2.24, 2.45) is 0 Å². The zero-order chi connectivity index (χ0) is 28.3. The number of ether oxygens (including phenoxy) is 4. The molecule has 0 radical (unpaired) electrons. The van der Waals surface area contributed by atoms with Crippen molar-refractivity contribution in [1.82, 2.24) is 0 Å². The molecule has 0 aliphatic carbocycles. The molecule has 3 aromatic carbocycles. The normalized spacial score (nSPS) is 16.5. The number of hydrogen-bond acceptors (Lipinski definition) is 7. The van der Waals surface area contributed by atoms with Crippen molar-refractivity contribution in [3.8, 4) is 23.0 Å². The number of carbonyl (C=O) groups is 2. The third kappa shape index (κ3) is 5.52. The summed E-state index contributed by atoms with van der Waals surface area (Å²) in [5, 5.41) is 11.9. The van der Waals surface area contributed by atoms with Gasteiger partial charge in [0.2, 0.25) is 0 Å². The van der Waals surface area contributed by atoms with Crippen molar-refractivity contribution in [3.05, 3.63) is 82.4 Å². The fourth-order valence-electron chi connectivity index (χ4n) is 4.50. The molecule has 9 heteroatoms. The molecule has 39 heavy (non-hydrogen) atoms. The summed E-state index contributed by atoms with van der Waals surface area (Å²) in [4.78, 5) is 28.5. The highest BCUT2D eigenvalue weighted by atomic mass is 35.5. The van der Waals surface area contributed by atoms with Crippen LogP contribution in [0.1, 0.15) is 37.9 Å². The maximum atomic E-state index is 13.6. The Morgan fingerprint density at radius 3 is 2.28 bits per heavy atom. The van der Waals surface area contributed by atoms with Gasteiger partial charge in [0.25, 0.3) is 11.7 Å². The van der Waals surface area contributed by atoms with Crippen LogP contribution in [-0.4, -0.2) is 43.7 Å². The molecule has 0 saturated carbocycles. The first-order valence-corrected chi connectivity index (χ1v) is 12.8. The predicted molar refractivity (Wildman–Crippen MR) is 149 cm³/mol. The summed E-state index contributed by atoms with van der Waals surface area (Å²) in [6.45, 7) is 6.16. The van der Waals surface area contributed by atoms with Gasteiger partial charge in [0.15, 0.2) is 0 Å². The Morgan fingerprint density at radius 2 is 1.67 bits per heavy atom. The van der Waals surface area contributed by atoms with E-state index in [4.69, 9.17) is 30.5 Å². The molecule has 1 amide bonds. The number of methoxy groups -OCH3 is 2. The summed E-state index contributed by atoms with van der Waals surface area (Å²) in [7, 11) is 2.85. The smallest absolute Gasteiger partial charge is 0.300 e. The lowest BCUT2D eigenvalue weighted by atomic mass is 9.94. The van der Waals surface area contributed by atoms with Crippen molar-refractivity contribution >= 4 is 34.7 Å². The minimum atomic E-state index is -0.968. The maximum Gasteiger partial charge on any atom is 0.300 e. The summed E-state index contributed by atoms with van der Waals surface area (Å²) in [6.07, 6.45) is -0.0940. The topological polar surface area (TPSA) is 94.5 Å². The Bertz CT molecular complexity index is 1420. The largest absolute Gasteiger partial charge is 0.507 e. The molecular formula is C30H30ClNO7. The van der Waals surface area contributed by atoms with E-state index < -0.39 is 23.5 Å². The number of ketones is 1. The second kappa shape index (κ2) is 11.7. The van der Waals surface area contributed by atoms with Crippen molar-refractivity contribution in [2.45, 2.75) is 32.9 Å². The SMILES string of the molecule is CCOc1ccc(N2C(=O)C(=O)/C(=C(/O)c3cc(OC)c(Cl)cc3OC)C2c2cccc(OC(C)C)c2)cc1. The van der Waals surface area contributed by atoms with Crippen LogP contribution >= 0.6 is 11.6 Å². The molecule has 1 heterocycles. The highest BCUT2D eigenvalue weighted by Gasteiger charge is 2.47. The number of amides is 1. The van der Waals surface area contributed by atoms with E-state index in [1.165, 1.54) is 31.3 Å². The summed E-state index contributed by atoms with van der Waals surface area (Å²) in [5.74, 6) is -0.401. The van der Waals surface area contributed by atoms with E-state index in [0.717, 1.165) is 0 Å². The quantitative estimate of drug-likeness (QED) is 0.193. The van der Waals surface area contributed by atoms with Gasteiger partial charge in [-0.25, -0.2) is 0 Å². The number of rotatable bonds is 9. The summed E-state index contributed by atoms with van der Waals surface area (Å²) in [6, 6.07) is 15.9. The summed E-state index contributed by atoms with van der Waals surface area (Å²) >= 11 is 6.26. The van der Waals surface area contributed by atoms with Gasteiger partial charge in [-0.3, -0.25) is 14.5 Å². The number of aliphatic hydroxyl groups excluding tert-OH is 1. The average Bonchev–Trinajstić information content (AvgIpc) is 3.18. The van der Waals surface area contributed by atoms with Gasteiger partial charge in [0.05, 0.1) is 49.1 Å². The Hall–Kier alpha value is -4.17. The fourth-order valence-corrected chi connectivity index (χ4v) is 4.74. The van der Waals surface area contributed by atoms with E-state index in [9.17, 15) is 14.7 Å². The molecule has 3 aromatic rings. The lowest BCUT2D eigenvalue weighted by molar-refractivity contribution is -0.132. The summed E-state index contributed by atoms with van der Waals surface area (Å²) < 4.78 is 22.2. The molecule has 1 saturated heterocycles. The van der Waals surface area contributed by atoms with E-state index in [1.54, 1.807) is 48.5 Å². The van der Waals surface area contributed by atoms with E-state index in [1.807, 2.05) is 20.8 Å². The number of carbonyl (C=O) groups excluding carboxylic acids is 2. The molecule has 1 aliphatic rings. The van der Waals surface area contributed by atoms with Gasteiger partial charge in [-0.05, 0) is 68.8 Å². The van der Waals surface area contributed by atoms with E-state index >= 15 is 0 Å². The highest BCUT2D eigenvalue weighted by Crippen LogP contribution is 2.45. The van der Waals surface area contributed by atoms with Gasteiger partial charge in [-0.15, -0.1) is 0 Å². The third-order valence-electron chi connectivity index (χ3n) is 6.14. The van der Waals surface area contributed by atoms with Crippen LogP contribution in [0, 0.1) is 0 Å². The molecule has 4 rings (SSSR count). The van der Waals surface area contributed by atoms with Crippen LogP contribution < -0.4 is 23.8 Å². The number of nitrogens with zero attached hydrogens (tertiary/aromatic N) is 1. The van der Waals surface area contributed by atoms with Gasteiger partial charge in [-0.2, -0.15) is 0 Å².